The van der Waals surface area contributed by atoms with Crippen LogP contribution in [-0.4, -0.2) is 62.0 Å². The van der Waals surface area contributed by atoms with Gasteiger partial charge in [0.15, 0.2) is 12.0 Å². The molecule has 6 atom stereocenters. The fourth-order valence-electron chi connectivity index (χ4n) is 7.23. The Morgan fingerprint density at radius 1 is 1.00 bits per heavy atom. The number of ether oxygens (including phenoxy) is 1. The monoisotopic (exact) mass is 494 g/mol. The number of benzene rings is 1. The molecule has 2 bridgehead atoms. The first-order valence-electron chi connectivity index (χ1n) is 13.9. The molecular formula is C28H38N4O4. The highest BCUT2D eigenvalue weighted by Gasteiger charge is 2.45. The third kappa shape index (κ3) is 4.48. The van der Waals surface area contributed by atoms with E-state index in [4.69, 9.17) is 4.74 Å². The molecular weight excluding hydrogens is 456 g/mol. The van der Waals surface area contributed by atoms with Gasteiger partial charge in [0.1, 0.15) is 6.10 Å². The van der Waals surface area contributed by atoms with Crippen molar-refractivity contribution in [2.45, 2.75) is 120 Å². The Morgan fingerprint density at radius 3 is 2.31 bits per heavy atom. The first-order chi connectivity index (χ1) is 17.5. The van der Waals surface area contributed by atoms with Gasteiger partial charge >= 0.3 is 0 Å². The van der Waals surface area contributed by atoms with Crippen LogP contribution in [0.4, 0.5) is 0 Å². The van der Waals surface area contributed by atoms with Gasteiger partial charge in [0.05, 0.1) is 17.1 Å². The summed E-state index contributed by atoms with van der Waals surface area (Å²) in [5.41, 5.74) is 1.06. The molecule has 3 saturated heterocycles. The number of nitrogens with zero attached hydrogens (tertiary/aromatic N) is 3. The van der Waals surface area contributed by atoms with Crippen molar-refractivity contribution >= 4 is 16.9 Å². The molecule has 1 aromatic carbocycles. The molecule has 1 aliphatic carbocycles. The smallest absolute Gasteiger partial charge is 0.282 e. The standard InChI is InChI=1S/C28H38N4O4/c1-17(25-28(35)36-25)29-26(33)24-27(34)32(23-12-8-7-11-22(23)30-24)21-15-19-13-14-20(16-21)31(19)18-9-5-3-2-4-6-10-18/h7-8,11-12,17-21,25,28,35H,2-6,9-10,13-16H2,1H3,(H,29,33)/t17?,19-,20+,21?,25?,28?. The minimum Gasteiger partial charge on any atom is -0.366 e. The lowest BCUT2D eigenvalue weighted by Gasteiger charge is -2.45. The number of nitrogens with one attached hydrogen (secondary N) is 1. The Hall–Kier alpha value is -2.29. The molecule has 4 heterocycles. The Balaban J connectivity index is 1.29. The normalized spacial score (nSPS) is 32.1. The fourth-order valence-corrected chi connectivity index (χ4v) is 7.23. The second-order valence-electron chi connectivity index (χ2n) is 11.3. The number of fused-ring (bicyclic) bond motifs is 3. The van der Waals surface area contributed by atoms with Gasteiger partial charge in [-0.2, -0.15) is 0 Å². The van der Waals surface area contributed by atoms with Crippen molar-refractivity contribution in [1.82, 2.24) is 19.8 Å². The zero-order valence-corrected chi connectivity index (χ0v) is 21.1. The number of amides is 1. The number of rotatable bonds is 5. The highest BCUT2D eigenvalue weighted by molar-refractivity contribution is 5.94. The minimum absolute atomic E-state index is 0.0604. The highest BCUT2D eigenvalue weighted by atomic mass is 16.7. The van der Waals surface area contributed by atoms with E-state index in [0.717, 1.165) is 18.4 Å². The fraction of sp³-hybridized carbons (Fsp3) is 0.679. The Labute approximate surface area is 212 Å². The zero-order chi connectivity index (χ0) is 24.8. The van der Waals surface area contributed by atoms with Crippen molar-refractivity contribution in [3.05, 3.63) is 40.3 Å². The summed E-state index contributed by atoms with van der Waals surface area (Å²) in [7, 11) is 0. The number of epoxide rings is 1. The lowest BCUT2D eigenvalue weighted by molar-refractivity contribution is 0.0497. The molecule has 1 amide bonds. The Kier molecular flexibility index (Phi) is 6.60. The molecule has 36 heavy (non-hydrogen) atoms. The van der Waals surface area contributed by atoms with Crippen molar-refractivity contribution < 1.29 is 14.6 Å². The number of para-hydroxylation sites is 2. The van der Waals surface area contributed by atoms with Crippen molar-refractivity contribution in [1.29, 1.82) is 0 Å². The zero-order valence-electron chi connectivity index (χ0n) is 21.1. The lowest BCUT2D eigenvalue weighted by atomic mass is 9.89. The quantitative estimate of drug-likeness (QED) is 0.617. The molecule has 2 aromatic rings. The molecule has 4 unspecified atom stereocenters. The van der Waals surface area contributed by atoms with Crippen LogP contribution >= 0.6 is 0 Å². The van der Waals surface area contributed by atoms with Crippen LogP contribution in [0.2, 0.25) is 0 Å². The van der Waals surface area contributed by atoms with Gasteiger partial charge in [-0.15, -0.1) is 0 Å². The van der Waals surface area contributed by atoms with Crippen LogP contribution in [0.3, 0.4) is 0 Å². The predicted octanol–water partition coefficient (Wildman–Crippen LogP) is 3.51. The largest absolute Gasteiger partial charge is 0.366 e. The van der Waals surface area contributed by atoms with E-state index in [1.807, 2.05) is 28.8 Å². The summed E-state index contributed by atoms with van der Waals surface area (Å²) in [5, 5.41) is 12.3. The molecule has 1 saturated carbocycles. The number of carbonyl (C=O) groups is 1. The first-order valence-corrected chi connectivity index (χ1v) is 13.9. The van der Waals surface area contributed by atoms with Gasteiger partial charge in [-0.3, -0.25) is 14.5 Å². The van der Waals surface area contributed by atoms with E-state index in [9.17, 15) is 14.7 Å². The van der Waals surface area contributed by atoms with E-state index in [1.165, 1.54) is 57.8 Å². The lowest BCUT2D eigenvalue weighted by Crippen LogP contribution is -2.50. The summed E-state index contributed by atoms with van der Waals surface area (Å²) in [6, 6.07) is 8.99. The Morgan fingerprint density at radius 2 is 1.64 bits per heavy atom. The van der Waals surface area contributed by atoms with E-state index >= 15 is 0 Å². The number of hydrogen-bond donors (Lipinski definition) is 2. The summed E-state index contributed by atoms with van der Waals surface area (Å²) in [6.07, 6.45) is 12.3. The third-order valence-electron chi connectivity index (χ3n) is 8.99. The van der Waals surface area contributed by atoms with Gasteiger partial charge in [0.25, 0.3) is 11.5 Å². The molecule has 8 nitrogen and oxygen atoms in total. The summed E-state index contributed by atoms with van der Waals surface area (Å²) in [6.45, 7) is 1.77. The number of aromatic nitrogens is 2. The highest BCUT2D eigenvalue weighted by Crippen LogP contribution is 2.44. The van der Waals surface area contributed by atoms with E-state index < -0.39 is 24.3 Å². The molecule has 4 fully saturated rings. The average molecular weight is 495 g/mol. The second kappa shape index (κ2) is 9.88. The maximum absolute atomic E-state index is 13.8. The van der Waals surface area contributed by atoms with Gasteiger partial charge in [-0.05, 0) is 57.6 Å². The average Bonchev–Trinajstić information content (AvgIpc) is 3.53. The molecule has 8 heteroatoms. The van der Waals surface area contributed by atoms with Gasteiger partial charge in [0.2, 0.25) is 0 Å². The third-order valence-corrected chi connectivity index (χ3v) is 8.99. The van der Waals surface area contributed by atoms with Crippen LogP contribution in [0, 0.1) is 0 Å². The molecule has 6 rings (SSSR count). The number of piperidine rings is 1. The van der Waals surface area contributed by atoms with Crippen LogP contribution in [0.1, 0.15) is 94.1 Å². The van der Waals surface area contributed by atoms with Crippen LogP contribution in [0.15, 0.2) is 29.1 Å². The van der Waals surface area contributed by atoms with Gasteiger partial charge in [0, 0.05) is 24.2 Å². The molecule has 194 valence electrons. The van der Waals surface area contributed by atoms with Crippen molar-refractivity contribution in [2.24, 2.45) is 0 Å². The SMILES string of the molecule is CC(NC(=O)c1nc2ccccc2n(C2C[C@H]3CC[C@@H](C2)N3C2CCCCCCC2)c1=O)C1OC1O. The van der Waals surface area contributed by atoms with E-state index in [-0.39, 0.29) is 17.3 Å². The summed E-state index contributed by atoms with van der Waals surface area (Å²) in [4.78, 5) is 34.2. The van der Waals surface area contributed by atoms with Crippen molar-refractivity contribution in [3.8, 4) is 0 Å². The van der Waals surface area contributed by atoms with Crippen LogP contribution in [0.5, 0.6) is 0 Å². The summed E-state index contributed by atoms with van der Waals surface area (Å²) < 4.78 is 6.94. The first kappa shape index (κ1) is 24.1. The number of carbonyl (C=O) groups excluding carboxylic acids is 1. The van der Waals surface area contributed by atoms with Crippen molar-refractivity contribution in [2.75, 3.05) is 0 Å². The second-order valence-corrected chi connectivity index (χ2v) is 11.3. The van der Waals surface area contributed by atoms with Crippen molar-refractivity contribution in [3.63, 3.8) is 0 Å². The van der Waals surface area contributed by atoms with E-state index in [1.54, 1.807) is 6.92 Å². The molecule has 0 radical (unpaired) electrons. The van der Waals surface area contributed by atoms with Crippen LogP contribution in [0.25, 0.3) is 11.0 Å². The number of hydrogen-bond acceptors (Lipinski definition) is 6. The molecule has 3 aliphatic heterocycles. The molecule has 4 aliphatic rings. The minimum atomic E-state index is -0.861. The molecule has 0 spiro atoms. The predicted molar refractivity (Wildman–Crippen MR) is 137 cm³/mol. The maximum Gasteiger partial charge on any atom is 0.282 e. The van der Waals surface area contributed by atoms with Crippen LogP contribution < -0.4 is 10.9 Å². The summed E-state index contributed by atoms with van der Waals surface area (Å²) >= 11 is 0. The maximum atomic E-state index is 13.8. The summed E-state index contributed by atoms with van der Waals surface area (Å²) in [5.74, 6) is -0.510. The van der Waals surface area contributed by atoms with E-state index in [0.29, 0.717) is 23.6 Å². The van der Waals surface area contributed by atoms with Gasteiger partial charge < -0.3 is 19.7 Å². The number of aliphatic hydroxyl groups excluding tert-OH is 1. The molecule has 2 N–H and O–H groups in total. The Bertz CT molecular complexity index is 1160. The van der Waals surface area contributed by atoms with E-state index in [2.05, 4.69) is 15.2 Å². The van der Waals surface area contributed by atoms with Gasteiger partial charge in [-0.25, -0.2) is 4.98 Å². The van der Waals surface area contributed by atoms with Crippen LogP contribution in [-0.2, 0) is 4.74 Å². The number of aliphatic hydroxyl groups is 1. The molecule has 1 aromatic heterocycles. The topological polar surface area (TPSA) is 100.0 Å². The van der Waals surface area contributed by atoms with Gasteiger partial charge in [-0.1, -0.05) is 44.2 Å².